The van der Waals surface area contributed by atoms with Crippen LogP contribution in [0.3, 0.4) is 0 Å². The Bertz CT molecular complexity index is 341. The van der Waals surface area contributed by atoms with E-state index in [9.17, 15) is 4.79 Å². The molecule has 5 heteroatoms. The summed E-state index contributed by atoms with van der Waals surface area (Å²) in [6.45, 7) is 0. The summed E-state index contributed by atoms with van der Waals surface area (Å²) in [7, 11) is 1.85. The Kier molecular flexibility index (Phi) is 3.24. The minimum atomic E-state index is 0.0120. The topological polar surface area (TPSA) is 75.0 Å². The number of imidazole rings is 1. The lowest BCUT2D eigenvalue weighted by molar-refractivity contribution is 0.0684. The summed E-state index contributed by atoms with van der Waals surface area (Å²) in [5, 5.41) is 0. The van der Waals surface area contributed by atoms with Crippen molar-refractivity contribution in [3.05, 3.63) is 18.2 Å². The number of nitrogens with two attached hydrogens (primary N) is 1. The van der Waals surface area contributed by atoms with Gasteiger partial charge >= 0.3 is 0 Å². The molecule has 0 radical (unpaired) electrons. The van der Waals surface area contributed by atoms with Gasteiger partial charge in [0.25, 0.3) is 5.91 Å². The molecule has 0 atom stereocenters. The van der Waals surface area contributed by atoms with E-state index in [0.29, 0.717) is 17.8 Å². The highest BCUT2D eigenvalue weighted by Gasteiger charge is 2.25. The third-order valence-corrected chi connectivity index (χ3v) is 3.34. The van der Waals surface area contributed by atoms with Gasteiger partial charge in [0.15, 0.2) is 0 Å². The van der Waals surface area contributed by atoms with E-state index in [4.69, 9.17) is 5.73 Å². The number of rotatable bonds is 2. The molecule has 1 aliphatic carbocycles. The summed E-state index contributed by atoms with van der Waals surface area (Å²) < 4.78 is 0. The van der Waals surface area contributed by atoms with Gasteiger partial charge in [-0.3, -0.25) is 4.79 Å². The number of nitrogens with one attached hydrogen (secondary N) is 1. The molecule has 1 aromatic rings. The highest BCUT2D eigenvalue weighted by atomic mass is 16.2. The van der Waals surface area contributed by atoms with Crippen molar-refractivity contribution in [2.24, 2.45) is 5.73 Å². The number of carbonyl (C=O) groups is 1. The van der Waals surface area contributed by atoms with Gasteiger partial charge in [-0.1, -0.05) is 0 Å². The molecule has 1 aliphatic rings. The highest BCUT2D eigenvalue weighted by molar-refractivity contribution is 5.92. The van der Waals surface area contributed by atoms with Crippen LogP contribution in [0.4, 0.5) is 0 Å². The second-order valence-corrected chi connectivity index (χ2v) is 4.45. The van der Waals surface area contributed by atoms with Gasteiger partial charge in [0, 0.05) is 19.1 Å². The van der Waals surface area contributed by atoms with Gasteiger partial charge in [0.2, 0.25) is 0 Å². The number of carbonyl (C=O) groups excluding carboxylic acids is 1. The predicted molar refractivity (Wildman–Crippen MR) is 60.9 cm³/mol. The van der Waals surface area contributed by atoms with Crippen molar-refractivity contribution in [2.45, 2.75) is 37.8 Å². The zero-order chi connectivity index (χ0) is 11.5. The molecule has 0 aliphatic heterocycles. The maximum Gasteiger partial charge on any atom is 0.271 e. The van der Waals surface area contributed by atoms with E-state index in [-0.39, 0.29) is 5.91 Å². The number of nitrogens with zero attached hydrogens (tertiary/aromatic N) is 2. The molecule has 3 N–H and O–H groups in total. The fourth-order valence-electron chi connectivity index (χ4n) is 2.22. The standard InChI is InChI=1S/C11H18N4O/c1-15(9-4-2-8(12)3-5-9)11(16)10-6-13-7-14-10/h6-9H,2-5,12H2,1H3,(H,13,14). The fourth-order valence-corrected chi connectivity index (χ4v) is 2.22. The van der Waals surface area contributed by atoms with E-state index in [2.05, 4.69) is 9.97 Å². The summed E-state index contributed by atoms with van der Waals surface area (Å²) in [5.41, 5.74) is 6.40. The third kappa shape index (κ3) is 2.24. The van der Waals surface area contributed by atoms with Crippen molar-refractivity contribution < 1.29 is 4.79 Å². The molecule has 1 saturated carbocycles. The van der Waals surface area contributed by atoms with E-state index in [1.165, 1.54) is 6.33 Å². The van der Waals surface area contributed by atoms with Crippen LogP contribution in [-0.4, -0.2) is 39.9 Å². The average molecular weight is 222 g/mol. The lowest BCUT2D eigenvalue weighted by atomic mass is 9.91. The van der Waals surface area contributed by atoms with Gasteiger partial charge in [-0.2, -0.15) is 0 Å². The maximum absolute atomic E-state index is 12.0. The fraction of sp³-hybridized carbons (Fsp3) is 0.636. The number of hydrogen-bond donors (Lipinski definition) is 2. The molecule has 1 fully saturated rings. The largest absolute Gasteiger partial charge is 0.341 e. The van der Waals surface area contributed by atoms with Crippen LogP contribution in [0.15, 0.2) is 12.5 Å². The van der Waals surface area contributed by atoms with Crippen LogP contribution in [0.5, 0.6) is 0 Å². The summed E-state index contributed by atoms with van der Waals surface area (Å²) in [4.78, 5) is 20.5. The van der Waals surface area contributed by atoms with Gasteiger partial charge in [0.05, 0.1) is 12.5 Å². The Hall–Kier alpha value is -1.36. The van der Waals surface area contributed by atoms with E-state index in [1.807, 2.05) is 7.05 Å². The number of aromatic amines is 1. The lowest BCUT2D eigenvalue weighted by Crippen LogP contribution is -2.41. The maximum atomic E-state index is 12.0. The van der Waals surface area contributed by atoms with Crippen molar-refractivity contribution >= 4 is 5.91 Å². The van der Waals surface area contributed by atoms with Crippen LogP contribution in [0.2, 0.25) is 0 Å². The summed E-state index contributed by atoms with van der Waals surface area (Å²) in [6.07, 6.45) is 7.09. The zero-order valence-electron chi connectivity index (χ0n) is 9.52. The Morgan fingerprint density at radius 2 is 2.19 bits per heavy atom. The molecule has 0 aromatic carbocycles. The van der Waals surface area contributed by atoms with E-state index in [0.717, 1.165) is 25.7 Å². The monoisotopic (exact) mass is 222 g/mol. The van der Waals surface area contributed by atoms with Crippen LogP contribution in [0.1, 0.15) is 36.2 Å². The molecule has 0 spiro atoms. The molecule has 0 bridgehead atoms. The Morgan fingerprint density at radius 1 is 1.50 bits per heavy atom. The SMILES string of the molecule is CN(C(=O)c1cnc[nH]1)C1CCC(N)CC1. The summed E-state index contributed by atoms with van der Waals surface area (Å²) in [5.74, 6) is 0.0120. The number of hydrogen-bond acceptors (Lipinski definition) is 3. The lowest BCUT2D eigenvalue weighted by Gasteiger charge is -2.33. The zero-order valence-corrected chi connectivity index (χ0v) is 9.52. The molecule has 0 unspecified atom stereocenters. The van der Waals surface area contributed by atoms with Gasteiger partial charge in [0.1, 0.15) is 5.69 Å². The molecule has 1 heterocycles. The normalized spacial score (nSPS) is 25.4. The predicted octanol–water partition coefficient (Wildman–Crippen LogP) is 0.752. The highest BCUT2D eigenvalue weighted by Crippen LogP contribution is 2.22. The second-order valence-electron chi connectivity index (χ2n) is 4.45. The molecule has 1 aromatic heterocycles. The number of H-pyrrole nitrogens is 1. The molecular weight excluding hydrogens is 204 g/mol. The van der Waals surface area contributed by atoms with Crippen LogP contribution in [0.25, 0.3) is 0 Å². The van der Waals surface area contributed by atoms with Crippen molar-refractivity contribution in [2.75, 3.05) is 7.05 Å². The van der Waals surface area contributed by atoms with Crippen LogP contribution in [-0.2, 0) is 0 Å². The Labute approximate surface area is 95.0 Å². The Morgan fingerprint density at radius 3 is 2.75 bits per heavy atom. The van der Waals surface area contributed by atoms with Crippen molar-refractivity contribution in [1.29, 1.82) is 0 Å². The first-order chi connectivity index (χ1) is 7.68. The number of amides is 1. The quantitative estimate of drug-likeness (QED) is 0.775. The van der Waals surface area contributed by atoms with E-state index in [1.54, 1.807) is 11.1 Å². The molecule has 2 rings (SSSR count). The molecular formula is C11H18N4O. The first-order valence-electron chi connectivity index (χ1n) is 5.69. The second kappa shape index (κ2) is 4.65. The minimum absolute atomic E-state index is 0.0120. The minimum Gasteiger partial charge on any atom is -0.341 e. The summed E-state index contributed by atoms with van der Waals surface area (Å²) >= 11 is 0. The molecule has 0 saturated heterocycles. The van der Waals surface area contributed by atoms with Gasteiger partial charge in [-0.15, -0.1) is 0 Å². The third-order valence-electron chi connectivity index (χ3n) is 3.34. The molecule has 16 heavy (non-hydrogen) atoms. The average Bonchev–Trinajstić information content (AvgIpc) is 2.81. The smallest absolute Gasteiger partial charge is 0.271 e. The van der Waals surface area contributed by atoms with E-state index >= 15 is 0 Å². The van der Waals surface area contributed by atoms with Crippen molar-refractivity contribution in [3.8, 4) is 0 Å². The first-order valence-corrected chi connectivity index (χ1v) is 5.69. The van der Waals surface area contributed by atoms with Crippen LogP contribution in [0, 0.1) is 0 Å². The van der Waals surface area contributed by atoms with Gasteiger partial charge in [-0.05, 0) is 25.7 Å². The Balaban J connectivity index is 1.97. The number of aromatic nitrogens is 2. The van der Waals surface area contributed by atoms with Gasteiger partial charge in [-0.25, -0.2) is 4.98 Å². The first kappa shape index (κ1) is 11.1. The van der Waals surface area contributed by atoms with Crippen LogP contribution < -0.4 is 5.73 Å². The molecule has 88 valence electrons. The van der Waals surface area contributed by atoms with Crippen LogP contribution >= 0.6 is 0 Å². The molecule has 5 nitrogen and oxygen atoms in total. The van der Waals surface area contributed by atoms with Gasteiger partial charge < -0.3 is 15.6 Å². The van der Waals surface area contributed by atoms with Crippen molar-refractivity contribution in [1.82, 2.24) is 14.9 Å². The van der Waals surface area contributed by atoms with Crippen molar-refractivity contribution in [3.63, 3.8) is 0 Å². The molecule has 1 amide bonds. The summed E-state index contributed by atoms with van der Waals surface area (Å²) in [6, 6.07) is 0.627. The van der Waals surface area contributed by atoms with E-state index < -0.39 is 0 Å².